The number of ether oxygens (including phenoxy) is 1. The molecule has 0 saturated heterocycles. The lowest BCUT2D eigenvalue weighted by atomic mass is 9.83. The van der Waals surface area contributed by atoms with Crippen LogP contribution in [-0.4, -0.2) is 36.0 Å². The maximum Gasteiger partial charge on any atom is 0.291 e. The molecule has 0 radical (unpaired) electrons. The Kier molecular flexibility index (Phi) is 6.57. The van der Waals surface area contributed by atoms with Gasteiger partial charge in [0.25, 0.3) is 11.8 Å². The normalized spacial score (nSPS) is 17.8. The van der Waals surface area contributed by atoms with Crippen LogP contribution >= 0.6 is 0 Å². The van der Waals surface area contributed by atoms with E-state index in [9.17, 15) is 14.4 Å². The van der Waals surface area contributed by atoms with E-state index in [1.165, 1.54) is 0 Å². The average molecular weight is 551 g/mol. The van der Waals surface area contributed by atoms with E-state index in [0.29, 0.717) is 41.8 Å². The summed E-state index contributed by atoms with van der Waals surface area (Å²) in [5, 5.41) is 0.367. The van der Waals surface area contributed by atoms with E-state index in [0.717, 1.165) is 22.3 Å². The van der Waals surface area contributed by atoms with Crippen molar-refractivity contribution in [3.8, 4) is 0 Å². The van der Waals surface area contributed by atoms with Crippen LogP contribution in [0, 0.1) is 20.8 Å². The van der Waals surface area contributed by atoms with Crippen molar-refractivity contribution >= 4 is 28.5 Å². The highest BCUT2D eigenvalue weighted by Gasteiger charge is 2.64. The van der Waals surface area contributed by atoms with Crippen LogP contribution in [0.4, 0.5) is 5.69 Å². The summed E-state index contributed by atoms with van der Waals surface area (Å²) in [4.78, 5) is 46.7. The molecular formula is C34H34N2O5. The molecule has 7 nitrogen and oxygen atoms in total. The Morgan fingerprint density at radius 2 is 1.68 bits per heavy atom. The van der Waals surface area contributed by atoms with Crippen LogP contribution in [0.3, 0.4) is 0 Å². The van der Waals surface area contributed by atoms with Gasteiger partial charge in [-0.15, -0.1) is 0 Å². The van der Waals surface area contributed by atoms with E-state index < -0.39 is 11.4 Å². The predicted octanol–water partition coefficient (Wildman–Crippen LogP) is 5.78. The van der Waals surface area contributed by atoms with Crippen molar-refractivity contribution in [2.45, 2.75) is 59.2 Å². The van der Waals surface area contributed by atoms with Crippen molar-refractivity contribution in [1.29, 1.82) is 0 Å². The molecule has 3 aromatic carbocycles. The lowest BCUT2D eigenvalue weighted by molar-refractivity contribution is -0.126. The molecule has 0 saturated carbocycles. The van der Waals surface area contributed by atoms with Crippen LogP contribution in [0.1, 0.15) is 64.2 Å². The third-order valence-corrected chi connectivity index (χ3v) is 8.25. The molecule has 41 heavy (non-hydrogen) atoms. The molecule has 1 spiro atoms. The third-order valence-electron chi connectivity index (χ3n) is 8.25. The molecule has 1 aromatic heterocycles. The minimum absolute atomic E-state index is 0.0362. The fraction of sp³-hybridized carbons (Fsp3) is 0.324. The van der Waals surface area contributed by atoms with Crippen molar-refractivity contribution in [3.05, 3.63) is 110 Å². The summed E-state index contributed by atoms with van der Waals surface area (Å²) < 4.78 is 12.0. The molecule has 7 heteroatoms. The van der Waals surface area contributed by atoms with Crippen LogP contribution < -0.4 is 10.3 Å². The molecule has 1 atom stereocenters. The Hall–Kier alpha value is -4.23. The first-order valence-electron chi connectivity index (χ1n) is 14.1. The molecule has 1 unspecified atom stereocenters. The molecule has 0 bridgehead atoms. The van der Waals surface area contributed by atoms with Crippen molar-refractivity contribution in [3.63, 3.8) is 0 Å². The summed E-state index contributed by atoms with van der Waals surface area (Å²) >= 11 is 0. The van der Waals surface area contributed by atoms with Crippen LogP contribution in [0.15, 0.2) is 69.9 Å². The lowest BCUT2D eigenvalue weighted by Crippen LogP contribution is -2.53. The smallest absolute Gasteiger partial charge is 0.291 e. The number of hydrogen-bond donors (Lipinski definition) is 0. The fourth-order valence-corrected chi connectivity index (χ4v) is 6.24. The Morgan fingerprint density at radius 3 is 2.44 bits per heavy atom. The van der Waals surface area contributed by atoms with Gasteiger partial charge in [-0.25, -0.2) is 0 Å². The van der Waals surface area contributed by atoms with E-state index in [1.807, 2.05) is 83.1 Å². The molecule has 0 fully saturated rings. The topological polar surface area (TPSA) is 80.1 Å². The van der Waals surface area contributed by atoms with Gasteiger partial charge in [-0.2, -0.15) is 0 Å². The average Bonchev–Trinajstić information content (AvgIpc) is 3.32. The third kappa shape index (κ3) is 4.10. The number of hydrogen-bond acceptors (Lipinski definition) is 5. The van der Waals surface area contributed by atoms with Gasteiger partial charge in [-0.3, -0.25) is 14.4 Å². The molecule has 6 rings (SSSR count). The second-order valence-electron chi connectivity index (χ2n) is 11.4. The summed E-state index contributed by atoms with van der Waals surface area (Å²) in [6.07, 6.45) is 0.535. The Morgan fingerprint density at radius 1 is 0.927 bits per heavy atom. The van der Waals surface area contributed by atoms with E-state index in [1.54, 1.807) is 21.9 Å². The van der Waals surface area contributed by atoms with E-state index in [-0.39, 0.29) is 35.3 Å². The monoisotopic (exact) mass is 550 g/mol. The Labute approximate surface area is 239 Å². The quantitative estimate of drug-likeness (QED) is 0.273. The van der Waals surface area contributed by atoms with Gasteiger partial charge in [-0.1, -0.05) is 48.0 Å². The second kappa shape index (κ2) is 10.00. The van der Waals surface area contributed by atoms with Crippen LogP contribution in [0.25, 0.3) is 11.0 Å². The highest BCUT2D eigenvalue weighted by molar-refractivity contribution is 6.17. The summed E-state index contributed by atoms with van der Waals surface area (Å²) in [7, 11) is 0. The molecular weight excluding hydrogens is 516 g/mol. The van der Waals surface area contributed by atoms with Crippen LogP contribution in [-0.2, 0) is 21.6 Å². The number of anilines is 1. The number of rotatable bonds is 7. The van der Waals surface area contributed by atoms with Gasteiger partial charge >= 0.3 is 0 Å². The number of carbonyl (C=O) groups is 2. The van der Waals surface area contributed by atoms with Crippen molar-refractivity contribution < 1.29 is 18.7 Å². The Bertz CT molecular complexity index is 1770. The van der Waals surface area contributed by atoms with Gasteiger partial charge in [0.1, 0.15) is 5.58 Å². The number of amides is 2. The van der Waals surface area contributed by atoms with Crippen molar-refractivity contribution in [2.75, 3.05) is 18.1 Å². The van der Waals surface area contributed by atoms with Crippen molar-refractivity contribution in [1.82, 2.24) is 4.90 Å². The maximum atomic E-state index is 14.9. The van der Waals surface area contributed by atoms with E-state index >= 15 is 0 Å². The van der Waals surface area contributed by atoms with Gasteiger partial charge in [0.2, 0.25) is 5.76 Å². The second-order valence-corrected chi connectivity index (χ2v) is 11.4. The van der Waals surface area contributed by atoms with E-state index in [2.05, 4.69) is 0 Å². The largest absolute Gasteiger partial charge is 0.450 e. The Balaban J connectivity index is 1.59. The number of nitrogens with zero attached hydrogens (tertiary/aromatic N) is 2. The van der Waals surface area contributed by atoms with Gasteiger partial charge in [0.15, 0.2) is 11.0 Å². The van der Waals surface area contributed by atoms with Gasteiger partial charge in [-0.05, 0) is 75.9 Å². The highest BCUT2D eigenvalue weighted by atomic mass is 16.5. The van der Waals surface area contributed by atoms with Gasteiger partial charge in [0, 0.05) is 18.7 Å². The molecule has 2 aliphatic rings. The lowest BCUT2D eigenvalue weighted by Gasteiger charge is -2.34. The zero-order valence-electron chi connectivity index (χ0n) is 24.1. The standard InChI is InChI=1S/C34H34N2O5/c1-20(2)40-15-9-14-36-32(38)31-29(30(37)25-17-22(4)23(5)18-28(25)41-31)34(36)26-12-6-7-13-27(26)35(33(34)39)19-24-11-8-10-21(3)16-24/h6-8,10-13,16-18,20H,9,14-15,19H2,1-5H3. The number of fused-ring (bicyclic) bond motifs is 5. The van der Waals surface area contributed by atoms with Crippen LogP contribution in [0.2, 0.25) is 0 Å². The molecule has 0 N–H and O–H groups in total. The number of carbonyl (C=O) groups excluding carboxylic acids is 2. The van der Waals surface area contributed by atoms with E-state index in [4.69, 9.17) is 9.15 Å². The fourth-order valence-electron chi connectivity index (χ4n) is 6.24. The minimum atomic E-state index is -1.63. The van der Waals surface area contributed by atoms with Gasteiger partial charge in [0.05, 0.1) is 29.3 Å². The van der Waals surface area contributed by atoms with Crippen LogP contribution in [0.5, 0.6) is 0 Å². The molecule has 2 aliphatic heterocycles. The highest BCUT2D eigenvalue weighted by Crippen LogP contribution is 2.53. The summed E-state index contributed by atoms with van der Waals surface area (Å²) in [6, 6.07) is 19.1. The zero-order chi connectivity index (χ0) is 29.1. The SMILES string of the molecule is Cc1cccc(CN2C(=O)C3(c4ccccc42)c2c(oc4cc(C)c(C)cc4c2=O)C(=O)N3CCCOC(C)C)c1. The number of benzene rings is 3. The van der Waals surface area contributed by atoms with Gasteiger partial charge < -0.3 is 19.0 Å². The minimum Gasteiger partial charge on any atom is -0.450 e. The summed E-state index contributed by atoms with van der Waals surface area (Å²) in [5.74, 6) is -0.842. The molecule has 0 aliphatic carbocycles. The summed E-state index contributed by atoms with van der Waals surface area (Å²) in [6.45, 7) is 10.7. The number of aryl methyl sites for hydroxylation is 3. The molecule has 4 aromatic rings. The molecule has 2 amide bonds. The molecule has 210 valence electrons. The predicted molar refractivity (Wildman–Crippen MR) is 158 cm³/mol. The maximum absolute atomic E-state index is 14.9. The summed E-state index contributed by atoms with van der Waals surface area (Å²) in [5.41, 5.74) is 3.71. The first kappa shape index (κ1) is 27.0. The number of para-hydroxylation sites is 1. The first-order chi connectivity index (χ1) is 19.6. The molecule has 3 heterocycles. The van der Waals surface area contributed by atoms with Crippen molar-refractivity contribution in [2.24, 2.45) is 0 Å². The first-order valence-corrected chi connectivity index (χ1v) is 14.1. The zero-order valence-corrected chi connectivity index (χ0v) is 24.1.